The first-order valence-corrected chi connectivity index (χ1v) is 9.72. The van der Waals surface area contributed by atoms with Gasteiger partial charge in [0, 0.05) is 11.4 Å². The number of nitrogens with zero attached hydrogens (tertiary/aromatic N) is 4. The molecule has 7 nitrogen and oxygen atoms in total. The monoisotopic (exact) mass is 368 g/mol. The van der Waals surface area contributed by atoms with Crippen molar-refractivity contribution < 1.29 is 4.79 Å². The fraction of sp³-hybridized carbons (Fsp3) is 0.444. The number of amides is 1. The van der Waals surface area contributed by atoms with E-state index < -0.39 is 0 Å². The van der Waals surface area contributed by atoms with Crippen molar-refractivity contribution >= 4 is 28.2 Å². The number of pyridine rings is 1. The second-order valence-corrected chi connectivity index (χ2v) is 7.50. The molecule has 2 aromatic heterocycles. The quantitative estimate of drug-likeness (QED) is 0.762. The molecule has 1 amide bonds. The van der Waals surface area contributed by atoms with Crippen LogP contribution in [0.5, 0.6) is 0 Å². The number of carbonyl (C=O) groups is 1. The fourth-order valence-corrected chi connectivity index (χ4v) is 3.88. The van der Waals surface area contributed by atoms with E-state index in [0.29, 0.717) is 29.2 Å². The molecule has 8 heteroatoms. The number of thiazole rings is 1. The molecule has 1 saturated carbocycles. The Labute approximate surface area is 156 Å². The largest absolute Gasteiger partial charge is 0.348 e. The second-order valence-electron chi connectivity index (χ2n) is 6.64. The Morgan fingerprint density at radius 1 is 1.35 bits per heavy atom. The number of carbonyl (C=O) groups excluding carboxylic acids is 1. The molecule has 2 N–H and O–H groups in total. The molecule has 0 radical (unpaired) electrons. The normalized spacial score (nSPS) is 19.9. The maximum absolute atomic E-state index is 12.0. The van der Waals surface area contributed by atoms with Crippen molar-refractivity contribution in [2.45, 2.75) is 37.8 Å². The average Bonchev–Trinajstić information content (AvgIpc) is 3.14. The van der Waals surface area contributed by atoms with Crippen LogP contribution in [-0.4, -0.2) is 39.9 Å². The van der Waals surface area contributed by atoms with Crippen molar-refractivity contribution in [1.82, 2.24) is 20.2 Å². The summed E-state index contributed by atoms with van der Waals surface area (Å²) in [5.41, 5.74) is 1.41. The number of nitriles is 1. The smallest absolute Gasteiger partial charge is 0.271 e. The second kappa shape index (κ2) is 7.40. The first kappa shape index (κ1) is 16.9. The third-order valence-electron chi connectivity index (χ3n) is 4.63. The Balaban J connectivity index is 1.45. The summed E-state index contributed by atoms with van der Waals surface area (Å²) in [6.45, 7) is 1.36. The molecular weight excluding hydrogens is 348 g/mol. The van der Waals surface area contributed by atoms with Crippen molar-refractivity contribution in [3.63, 3.8) is 0 Å². The highest BCUT2D eigenvalue weighted by atomic mass is 32.1. The molecule has 4 rings (SSSR count). The molecule has 0 spiro atoms. The molecule has 1 aliphatic heterocycles. The molecule has 2 fully saturated rings. The lowest BCUT2D eigenvalue weighted by atomic mass is 10.1. The summed E-state index contributed by atoms with van der Waals surface area (Å²) in [4.78, 5) is 23.3. The van der Waals surface area contributed by atoms with Gasteiger partial charge in [0.1, 0.15) is 11.5 Å². The van der Waals surface area contributed by atoms with Gasteiger partial charge < -0.3 is 10.6 Å². The van der Waals surface area contributed by atoms with Crippen LogP contribution in [0.3, 0.4) is 0 Å². The predicted molar refractivity (Wildman–Crippen MR) is 99.3 cm³/mol. The maximum Gasteiger partial charge on any atom is 0.271 e. The number of rotatable bonds is 6. The van der Waals surface area contributed by atoms with Crippen LogP contribution < -0.4 is 10.6 Å². The van der Waals surface area contributed by atoms with E-state index in [0.717, 1.165) is 37.9 Å². The topological polar surface area (TPSA) is 93.9 Å². The van der Waals surface area contributed by atoms with E-state index in [1.54, 1.807) is 5.38 Å². The van der Waals surface area contributed by atoms with Crippen LogP contribution in [-0.2, 0) is 0 Å². The van der Waals surface area contributed by atoms with Crippen molar-refractivity contribution in [3.05, 3.63) is 35.0 Å². The van der Waals surface area contributed by atoms with Crippen molar-refractivity contribution in [3.8, 4) is 6.07 Å². The van der Waals surface area contributed by atoms with Crippen LogP contribution in [0.2, 0.25) is 0 Å². The molecule has 2 aromatic rings. The fourth-order valence-electron chi connectivity index (χ4n) is 3.18. The number of nitrogens with one attached hydrogen (secondary N) is 2. The number of likely N-dealkylation sites (tertiary alicyclic amines) is 1. The molecule has 1 saturated heterocycles. The molecule has 3 heterocycles. The number of hydrogen-bond donors (Lipinski definition) is 2. The Morgan fingerprint density at radius 3 is 3.04 bits per heavy atom. The van der Waals surface area contributed by atoms with E-state index in [1.807, 2.05) is 18.2 Å². The van der Waals surface area contributed by atoms with Gasteiger partial charge >= 0.3 is 0 Å². The third kappa shape index (κ3) is 3.84. The van der Waals surface area contributed by atoms with Gasteiger partial charge in [-0.3, -0.25) is 9.69 Å². The molecular formula is C18H20N6OS. The van der Waals surface area contributed by atoms with Gasteiger partial charge in [-0.1, -0.05) is 6.07 Å². The maximum atomic E-state index is 12.0. The van der Waals surface area contributed by atoms with E-state index in [2.05, 4.69) is 26.6 Å². The van der Waals surface area contributed by atoms with Crippen LogP contribution in [0.15, 0.2) is 23.6 Å². The standard InChI is InChI=1S/C18H20N6OS/c19-8-10-24-9-2-4-15(24)13-3-1-5-16(21-13)23-18-22-14(11-26-18)17(25)20-12-6-7-12/h1,3,5,11-12,15H,2,4,6-7,9-10H2,(H,20,25)(H,21,22,23)/t15-/m0/s1. The lowest BCUT2D eigenvalue weighted by molar-refractivity contribution is 0.0947. The third-order valence-corrected chi connectivity index (χ3v) is 5.39. The van der Waals surface area contributed by atoms with Gasteiger partial charge in [0.15, 0.2) is 5.13 Å². The van der Waals surface area contributed by atoms with E-state index >= 15 is 0 Å². The lowest BCUT2D eigenvalue weighted by Gasteiger charge is -2.21. The number of aromatic nitrogens is 2. The number of hydrogen-bond acceptors (Lipinski definition) is 7. The summed E-state index contributed by atoms with van der Waals surface area (Å²) in [6.07, 6.45) is 4.21. The molecule has 2 aliphatic rings. The van der Waals surface area contributed by atoms with Crippen LogP contribution in [0.25, 0.3) is 0 Å². The van der Waals surface area contributed by atoms with Gasteiger partial charge in [0.2, 0.25) is 0 Å². The number of anilines is 2. The molecule has 1 atom stereocenters. The first-order valence-electron chi connectivity index (χ1n) is 8.84. The molecule has 1 aliphatic carbocycles. The summed E-state index contributed by atoms with van der Waals surface area (Å²) in [5, 5.41) is 17.5. The van der Waals surface area contributed by atoms with E-state index in [-0.39, 0.29) is 11.9 Å². The van der Waals surface area contributed by atoms with E-state index in [4.69, 9.17) is 10.2 Å². The molecule has 0 bridgehead atoms. The van der Waals surface area contributed by atoms with E-state index in [9.17, 15) is 4.79 Å². The van der Waals surface area contributed by atoms with Gasteiger partial charge in [-0.15, -0.1) is 11.3 Å². The van der Waals surface area contributed by atoms with Gasteiger partial charge in [0.05, 0.1) is 24.3 Å². The minimum Gasteiger partial charge on any atom is -0.348 e. The van der Waals surface area contributed by atoms with Crippen molar-refractivity contribution in [1.29, 1.82) is 5.26 Å². The van der Waals surface area contributed by atoms with Gasteiger partial charge in [-0.05, 0) is 44.4 Å². The highest BCUT2D eigenvalue weighted by Crippen LogP contribution is 2.31. The predicted octanol–water partition coefficient (Wildman–Crippen LogP) is 2.83. The highest BCUT2D eigenvalue weighted by molar-refractivity contribution is 7.14. The average molecular weight is 368 g/mol. The van der Waals surface area contributed by atoms with Gasteiger partial charge in [-0.2, -0.15) is 5.26 Å². The molecule has 0 unspecified atom stereocenters. The minimum absolute atomic E-state index is 0.114. The molecule has 134 valence electrons. The lowest BCUT2D eigenvalue weighted by Crippen LogP contribution is -2.25. The van der Waals surface area contributed by atoms with Crippen molar-refractivity contribution in [2.24, 2.45) is 0 Å². The van der Waals surface area contributed by atoms with Crippen LogP contribution in [0.1, 0.15) is 47.9 Å². The van der Waals surface area contributed by atoms with Gasteiger partial charge in [0.25, 0.3) is 5.91 Å². The summed E-state index contributed by atoms with van der Waals surface area (Å²) in [5.74, 6) is 0.589. The van der Waals surface area contributed by atoms with Gasteiger partial charge in [-0.25, -0.2) is 9.97 Å². The van der Waals surface area contributed by atoms with Crippen LogP contribution in [0, 0.1) is 11.3 Å². The Bertz CT molecular complexity index is 840. The minimum atomic E-state index is -0.114. The SMILES string of the molecule is N#CCN1CCC[C@H]1c1cccc(Nc2nc(C(=O)NC3CC3)cs2)n1. The summed E-state index contributed by atoms with van der Waals surface area (Å²) in [6, 6.07) is 8.59. The molecule has 0 aromatic carbocycles. The Hall–Kier alpha value is -2.50. The zero-order chi connectivity index (χ0) is 17.9. The zero-order valence-corrected chi connectivity index (χ0v) is 15.1. The van der Waals surface area contributed by atoms with Crippen LogP contribution >= 0.6 is 11.3 Å². The highest BCUT2D eigenvalue weighted by Gasteiger charge is 2.27. The van der Waals surface area contributed by atoms with Crippen molar-refractivity contribution in [2.75, 3.05) is 18.4 Å². The van der Waals surface area contributed by atoms with Crippen LogP contribution in [0.4, 0.5) is 10.9 Å². The summed E-state index contributed by atoms with van der Waals surface area (Å²) in [7, 11) is 0. The Morgan fingerprint density at radius 2 is 2.23 bits per heavy atom. The zero-order valence-electron chi connectivity index (χ0n) is 14.3. The Kier molecular flexibility index (Phi) is 4.82. The first-order chi connectivity index (χ1) is 12.7. The summed E-state index contributed by atoms with van der Waals surface area (Å²) < 4.78 is 0. The van der Waals surface area contributed by atoms with E-state index in [1.165, 1.54) is 11.3 Å². The molecule has 26 heavy (non-hydrogen) atoms. The summed E-state index contributed by atoms with van der Waals surface area (Å²) >= 11 is 1.39.